The maximum Gasteiger partial charge on any atom is 0.311 e. The lowest BCUT2D eigenvalue weighted by Crippen LogP contribution is -2.59. The molecule has 5 heteroatoms. The molecule has 0 saturated heterocycles. The zero-order valence-electron chi connectivity index (χ0n) is 19.5. The van der Waals surface area contributed by atoms with Crippen molar-refractivity contribution >= 4 is 13.8 Å². The molecule has 0 radical (unpaired) electrons. The van der Waals surface area contributed by atoms with Crippen LogP contribution in [0.1, 0.15) is 83.1 Å². The fraction of sp³-hybridized carbons (Fsp3) is 0.727. The van der Waals surface area contributed by atoms with Gasteiger partial charge in [0.15, 0.2) is 0 Å². The van der Waals surface area contributed by atoms with Gasteiger partial charge < -0.3 is 9.13 Å². The van der Waals surface area contributed by atoms with Crippen LogP contribution in [0.3, 0.4) is 0 Å². The molecule has 0 spiro atoms. The second kappa shape index (κ2) is 6.65. The van der Waals surface area contributed by atoms with Crippen LogP contribution in [0, 0.1) is 5.20 Å². The van der Waals surface area contributed by atoms with Crippen molar-refractivity contribution in [3.05, 3.63) is 30.0 Å². The quantitative estimate of drug-likeness (QED) is 0.470. The van der Waals surface area contributed by atoms with Crippen molar-refractivity contribution in [3.63, 3.8) is 0 Å². The van der Waals surface area contributed by atoms with Crippen molar-refractivity contribution < 1.29 is 4.57 Å². The van der Waals surface area contributed by atoms with Gasteiger partial charge in [-0.2, -0.15) is 0 Å². The first kappa shape index (κ1) is 22.0. The molecule has 152 valence electrons. The highest BCUT2D eigenvalue weighted by atomic mass is 31.1. The SMILES string of the molecule is CC(C)(C)n1cc[n+](C(C)(C)C)c1P=c1n(C(C)(C)C)ccn1C(C)(C)C. The van der Waals surface area contributed by atoms with Gasteiger partial charge in [0.05, 0.1) is 8.20 Å². The molecule has 4 nitrogen and oxygen atoms in total. The highest BCUT2D eigenvalue weighted by Gasteiger charge is 2.32. The van der Waals surface area contributed by atoms with E-state index in [9.17, 15) is 0 Å². The molecule has 0 amide bonds. The Balaban J connectivity index is 2.95. The fourth-order valence-electron chi connectivity index (χ4n) is 3.16. The summed E-state index contributed by atoms with van der Waals surface area (Å²) >= 11 is 0. The van der Waals surface area contributed by atoms with Gasteiger partial charge in [-0.25, -0.2) is 9.13 Å². The molecular weight excluding hydrogens is 351 g/mol. The Hall–Kier alpha value is -1.28. The maximum atomic E-state index is 2.42. The fourth-order valence-corrected chi connectivity index (χ4v) is 5.24. The molecule has 0 saturated carbocycles. The molecular formula is C22H40N4P+. The maximum absolute atomic E-state index is 2.42. The summed E-state index contributed by atoms with van der Waals surface area (Å²) in [6, 6.07) is 0. The van der Waals surface area contributed by atoms with Gasteiger partial charge in [0.1, 0.15) is 28.7 Å². The zero-order valence-corrected chi connectivity index (χ0v) is 20.4. The summed E-state index contributed by atoms with van der Waals surface area (Å²) in [6.07, 6.45) is 8.94. The molecule has 0 aromatic carbocycles. The highest BCUT2D eigenvalue weighted by molar-refractivity contribution is 7.37. The molecule has 0 N–H and O–H groups in total. The van der Waals surface area contributed by atoms with E-state index in [2.05, 4.69) is 126 Å². The average Bonchev–Trinajstić information content (AvgIpc) is 2.99. The summed E-state index contributed by atoms with van der Waals surface area (Å²) < 4.78 is 9.69. The first-order valence-corrected chi connectivity index (χ1v) is 10.8. The second-order valence-corrected chi connectivity index (χ2v) is 12.5. The van der Waals surface area contributed by atoms with Crippen molar-refractivity contribution in [2.75, 3.05) is 0 Å². The average molecular weight is 392 g/mol. The predicted molar refractivity (Wildman–Crippen MR) is 117 cm³/mol. The lowest BCUT2D eigenvalue weighted by Gasteiger charge is -2.26. The van der Waals surface area contributed by atoms with Gasteiger partial charge in [-0.1, -0.05) is 0 Å². The summed E-state index contributed by atoms with van der Waals surface area (Å²) in [7, 11) is 1.22. The van der Waals surface area contributed by atoms with Crippen molar-refractivity contribution in [2.24, 2.45) is 0 Å². The lowest BCUT2D eigenvalue weighted by molar-refractivity contribution is -0.737. The molecule has 0 unspecified atom stereocenters. The number of nitrogens with zero attached hydrogens (tertiary/aromatic N) is 4. The van der Waals surface area contributed by atoms with Crippen molar-refractivity contribution in [1.29, 1.82) is 0 Å². The Morgan fingerprint density at radius 3 is 1.37 bits per heavy atom. The zero-order chi connectivity index (χ0) is 21.0. The monoisotopic (exact) mass is 391 g/mol. The Bertz CT molecular complexity index is 800. The summed E-state index contributed by atoms with van der Waals surface area (Å²) in [5, 5.41) is 1.32. The predicted octanol–water partition coefficient (Wildman–Crippen LogP) is 5.20. The van der Waals surface area contributed by atoms with Gasteiger partial charge in [0, 0.05) is 23.5 Å². The largest absolute Gasteiger partial charge is 0.324 e. The third kappa shape index (κ3) is 4.59. The van der Waals surface area contributed by atoms with Gasteiger partial charge in [0.25, 0.3) is 0 Å². The smallest absolute Gasteiger partial charge is 0.311 e. The molecule has 27 heavy (non-hydrogen) atoms. The molecule has 2 aromatic heterocycles. The van der Waals surface area contributed by atoms with E-state index in [1.165, 1.54) is 19.0 Å². The Morgan fingerprint density at radius 1 is 0.630 bits per heavy atom. The molecule has 2 rings (SSSR count). The number of hydrogen-bond acceptors (Lipinski definition) is 0. The number of hydrogen-bond donors (Lipinski definition) is 0. The van der Waals surface area contributed by atoms with E-state index in [-0.39, 0.29) is 22.2 Å². The first-order chi connectivity index (χ1) is 11.9. The van der Waals surface area contributed by atoms with Crippen LogP contribution in [0.4, 0.5) is 0 Å². The molecule has 0 fully saturated rings. The minimum atomic E-state index is 0.0323. The van der Waals surface area contributed by atoms with E-state index in [0.717, 1.165) is 0 Å². The minimum absolute atomic E-state index is 0.0323. The van der Waals surface area contributed by atoms with Crippen molar-refractivity contribution in [2.45, 2.75) is 105 Å². The van der Waals surface area contributed by atoms with Gasteiger partial charge in [-0.3, -0.25) is 0 Å². The van der Waals surface area contributed by atoms with Crippen LogP contribution in [-0.4, -0.2) is 13.7 Å². The summed E-state index contributed by atoms with van der Waals surface area (Å²) in [6.45, 7) is 27.3. The number of aromatic nitrogens is 4. The van der Waals surface area contributed by atoms with E-state index in [1.807, 2.05) is 0 Å². The second-order valence-electron chi connectivity index (χ2n) is 11.5. The van der Waals surface area contributed by atoms with Gasteiger partial charge >= 0.3 is 5.57 Å². The van der Waals surface area contributed by atoms with E-state index >= 15 is 0 Å². The van der Waals surface area contributed by atoms with Crippen LogP contribution in [-0.2, 0) is 22.2 Å². The standard InChI is InChI=1S/C22H40N4P/c1-19(2,3)23-13-14-24(20(4,5)6)17(23)27-18-25(21(7,8)9)15-16-26(18)22(10,11)12/h13-16H,1-12H3/q+1. The van der Waals surface area contributed by atoms with Crippen molar-refractivity contribution in [1.82, 2.24) is 13.7 Å². The minimum Gasteiger partial charge on any atom is -0.324 e. The van der Waals surface area contributed by atoms with Gasteiger partial charge in [0.2, 0.25) is 0 Å². The molecule has 0 aliphatic carbocycles. The summed E-state index contributed by atoms with van der Waals surface area (Å²) in [5.74, 6) is 0. The van der Waals surface area contributed by atoms with Crippen LogP contribution in [0.5, 0.6) is 0 Å². The van der Waals surface area contributed by atoms with E-state index in [1.54, 1.807) is 0 Å². The van der Waals surface area contributed by atoms with Gasteiger partial charge in [-0.15, -0.1) is 0 Å². The molecule has 2 heterocycles. The van der Waals surface area contributed by atoms with Crippen LogP contribution in [0.2, 0.25) is 0 Å². The van der Waals surface area contributed by atoms with E-state index in [4.69, 9.17) is 0 Å². The Morgan fingerprint density at radius 2 is 1.04 bits per heavy atom. The molecule has 0 bridgehead atoms. The molecule has 0 atom stereocenters. The highest BCUT2D eigenvalue weighted by Crippen LogP contribution is 2.25. The van der Waals surface area contributed by atoms with Crippen LogP contribution in [0.15, 0.2) is 24.8 Å². The lowest BCUT2D eigenvalue weighted by atomic mass is 10.1. The van der Waals surface area contributed by atoms with Crippen LogP contribution in [0.25, 0.3) is 0 Å². The summed E-state index contributed by atoms with van der Waals surface area (Å²) in [5.41, 5.74) is 1.45. The summed E-state index contributed by atoms with van der Waals surface area (Å²) in [4.78, 5) is 0. The normalized spacial score (nSPS) is 14.2. The number of imidazole rings is 2. The molecule has 0 aliphatic heterocycles. The molecule has 0 aliphatic rings. The van der Waals surface area contributed by atoms with Gasteiger partial charge in [-0.05, 0) is 83.1 Å². The Labute approximate surface area is 167 Å². The topological polar surface area (TPSA) is 18.7 Å². The van der Waals surface area contributed by atoms with Crippen LogP contribution < -0.4 is 10.1 Å². The van der Waals surface area contributed by atoms with Crippen LogP contribution >= 0.6 is 8.20 Å². The van der Waals surface area contributed by atoms with Crippen molar-refractivity contribution in [3.8, 4) is 0 Å². The first-order valence-electron chi connectivity index (χ1n) is 9.94. The third-order valence-electron chi connectivity index (χ3n) is 4.68. The number of rotatable bonds is 1. The molecule has 2 aromatic rings. The Kier molecular flexibility index (Phi) is 5.42. The third-order valence-corrected chi connectivity index (χ3v) is 5.94. The van der Waals surface area contributed by atoms with E-state index < -0.39 is 0 Å². The van der Waals surface area contributed by atoms with E-state index in [0.29, 0.717) is 0 Å².